The van der Waals surface area contributed by atoms with E-state index in [2.05, 4.69) is 29.2 Å². The van der Waals surface area contributed by atoms with Crippen LogP contribution < -0.4 is 0 Å². The highest BCUT2D eigenvalue weighted by Crippen LogP contribution is 2.34. The summed E-state index contributed by atoms with van der Waals surface area (Å²) in [5.41, 5.74) is 1.37. The van der Waals surface area contributed by atoms with Gasteiger partial charge in [-0.3, -0.25) is 9.59 Å². The lowest BCUT2D eigenvalue weighted by Gasteiger charge is -2.33. The molecule has 1 aromatic carbocycles. The lowest BCUT2D eigenvalue weighted by Crippen LogP contribution is -2.44. The van der Waals surface area contributed by atoms with Crippen molar-refractivity contribution in [1.82, 2.24) is 9.80 Å². The Hall–Kier alpha value is -1.49. The van der Waals surface area contributed by atoms with Gasteiger partial charge in [0, 0.05) is 50.0 Å². The minimum absolute atomic E-state index is 0.0962. The zero-order chi connectivity index (χ0) is 16.9. The Kier molecular flexibility index (Phi) is 5.82. The maximum absolute atomic E-state index is 12.8. The average Bonchev–Trinajstić information content (AvgIpc) is 2.88. The predicted molar refractivity (Wildman–Crippen MR) is 97.8 cm³/mol. The molecule has 130 valence electrons. The number of thioether (sulfide) groups is 1. The van der Waals surface area contributed by atoms with Gasteiger partial charge in [0.1, 0.15) is 0 Å². The van der Waals surface area contributed by atoms with Crippen molar-refractivity contribution in [3.8, 4) is 0 Å². The largest absolute Gasteiger partial charge is 0.343 e. The molecule has 0 aliphatic carbocycles. The van der Waals surface area contributed by atoms with Crippen LogP contribution in [0.4, 0.5) is 0 Å². The molecule has 2 heterocycles. The molecular weight excluding hydrogens is 320 g/mol. The van der Waals surface area contributed by atoms with E-state index in [9.17, 15) is 9.59 Å². The molecule has 1 unspecified atom stereocenters. The summed E-state index contributed by atoms with van der Waals surface area (Å²) in [6, 6.07) is 10.6. The molecule has 2 saturated heterocycles. The second-order valence-electron chi connectivity index (χ2n) is 6.66. The molecule has 2 amide bonds. The van der Waals surface area contributed by atoms with Crippen LogP contribution in [-0.2, 0) is 9.59 Å². The van der Waals surface area contributed by atoms with Crippen LogP contribution in [0, 0.1) is 5.92 Å². The molecule has 2 aliphatic rings. The van der Waals surface area contributed by atoms with Gasteiger partial charge in [-0.15, -0.1) is 0 Å². The summed E-state index contributed by atoms with van der Waals surface area (Å²) in [5.74, 6) is 1.52. The summed E-state index contributed by atoms with van der Waals surface area (Å²) < 4.78 is 0. The fourth-order valence-corrected chi connectivity index (χ4v) is 4.86. The van der Waals surface area contributed by atoms with Crippen molar-refractivity contribution < 1.29 is 9.59 Å². The summed E-state index contributed by atoms with van der Waals surface area (Å²) in [5, 5.41) is 0.489. The minimum Gasteiger partial charge on any atom is -0.343 e. The molecule has 24 heavy (non-hydrogen) atoms. The Bertz CT molecular complexity index is 570. The highest BCUT2D eigenvalue weighted by atomic mass is 32.2. The minimum atomic E-state index is 0.0962. The number of nitrogens with zero attached hydrogens (tertiary/aromatic N) is 2. The highest BCUT2D eigenvalue weighted by Gasteiger charge is 2.30. The zero-order valence-electron chi connectivity index (χ0n) is 14.3. The topological polar surface area (TPSA) is 40.6 Å². The van der Waals surface area contributed by atoms with Gasteiger partial charge in [0.15, 0.2) is 0 Å². The zero-order valence-corrected chi connectivity index (χ0v) is 15.1. The molecular formula is C19H26N2O2S. The Morgan fingerprint density at radius 2 is 1.62 bits per heavy atom. The van der Waals surface area contributed by atoms with Crippen LogP contribution in [-0.4, -0.2) is 53.5 Å². The van der Waals surface area contributed by atoms with E-state index in [0.29, 0.717) is 11.2 Å². The highest BCUT2D eigenvalue weighted by molar-refractivity contribution is 7.99. The maximum atomic E-state index is 12.8. The standard InChI is InChI=1S/C19H26N2O2S/c1-15(22)20-10-7-17(8-11-20)19(23)21-12-9-18(24-14-13-21)16-5-3-2-4-6-16/h2-6,17-18H,7-14H2,1H3. The van der Waals surface area contributed by atoms with Gasteiger partial charge in [0.05, 0.1) is 0 Å². The summed E-state index contributed by atoms with van der Waals surface area (Å²) in [7, 11) is 0. The molecule has 0 aromatic heterocycles. The predicted octanol–water partition coefficient (Wildman–Crippen LogP) is 2.95. The van der Waals surface area contributed by atoms with E-state index in [0.717, 1.165) is 51.2 Å². The first-order chi connectivity index (χ1) is 11.6. The molecule has 0 radical (unpaired) electrons. The van der Waals surface area contributed by atoms with E-state index in [-0.39, 0.29) is 11.8 Å². The molecule has 0 spiro atoms. The number of rotatable bonds is 2. The molecule has 5 heteroatoms. The van der Waals surface area contributed by atoms with Crippen molar-refractivity contribution in [2.24, 2.45) is 5.92 Å². The maximum Gasteiger partial charge on any atom is 0.225 e. The lowest BCUT2D eigenvalue weighted by atomic mass is 9.95. The first-order valence-corrected chi connectivity index (χ1v) is 9.91. The quantitative estimate of drug-likeness (QED) is 0.827. The molecule has 0 N–H and O–H groups in total. The Morgan fingerprint density at radius 3 is 2.29 bits per heavy atom. The van der Waals surface area contributed by atoms with Gasteiger partial charge in [0.25, 0.3) is 0 Å². The van der Waals surface area contributed by atoms with Crippen LogP contribution in [0.3, 0.4) is 0 Å². The smallest absolute Gasteiger partial charge is 0.225 e. The number of carbonyl (C=O) groups is 2. The van der Waals surface area contributed by atoms with Crippen molar-refractivity contribution >= 4 is 23.6 Å². The second kappa shape index (κ2) is 8.06. The second-order valence-corrected chi connectivity index (χ2v) is 7.98. The van der Waals surface area contributed by atoms with Crippen LogP contribution >= 0.6 is 11.8 Å². The van der Waals surface area contributed by atoms with E-state index in [4.69, 9.17) is 0 Å². The van der Waals surface area contributed by atoms with Crippen LogP contribution in [0.1, 0.15) is 37.0 Å². The monoisotopic (exact) mass is 346 g/mol. The van der Waals surface area contributed by atoms with E-state index in [1.807, 2.05) is 22.7 Å². The van der Waals surface area contributed by atoms with Crippen LogP contribution in [0.25, 0.3) is 0 Å². The van der Waals surface area contributed by atoms with Gasteiger partial charge < -0.3 is 9.80 Å². The number of piperidine rings is 1. The van der Waals surface area contributed by atoms with Gasteiger partial charge in [-0.1, -0.05) is 30.3 Å². The summed E-state index contributed by atoms with van der Waals surface area (Å²) in [4.78, 5) is 28.2. The van der Waals surface area contributed by atoms with Gasteiger partial charge in [-0.05, 0) is 24.8 Å². The molecule has 0 saturated carbocycles. The molecule has 1 atom stereocenters. The van der Waals surface area contributed by atoms with E-state index in [1.165, 1.54) is 5.56 Å². The van der Waals surface area contributed by atoms with Crippen molar-refractivity contribution in [2.75, 3.05) is 31.9 Å². The van der Waals surface area contributed by atoms with Crippen molar-refractivity contribution in [3.63, 3.8) is 0 Å². The van der Waals surface area contributed by atoms with Crippen LogP contribution in [0.2, 0.25) is 0 Å². The van der Waals surface area contributed by atoms with Crippen LogP contribution in [0.5, 0.6) is 0 Å². The van der Waals surface area contributed by atoms with Crippen molar-refractivity contribution in [1.29, 1.82) is 0 Å². The number of carbonyl (C=O) groups excluding carboxylic acids is 2. The molecule has 2 aliphatic heterocycles. The van der Waals surface area contributed by atoms with Gasteiger partial charge >= 0.3 is 0 Å². The number of hydrogen-bond acceptors (Lipinski definition) is 3. The fraction of sp³-hybridized carbons (Fsp3) is 0.579. The number of benzene rings is 1. The molecule has 4 nitrogen and oxygen atoms in total. The Morgan fingerprint density at radius 1 is 0.958 bits per heavy atom. The van der Waals surface area contributed by atoms with E-state index in [1.54, 1.807) is 6.92 Å². The summed E-state index contributed by atoms with van der Waals surface area (Å²) >= 11 is 1.96. The Balaban J connectivity index is 1.54. The first kappa shape index (κ1) is 17.3. The number of amides is 2. The Labute approximate surface area is 148 Å². The fourth-order valence-electron chi connectivity index (χ4n) is 3.62. The third kappa shape index (κ3) is 4.12. The van der Waals surface area contributed by atoms with E-state index < -0.39 is 0 Å². The van der Waals surface area contributed by atoms with Crippen molar-refractivity contribution in [2.45, 2.75) is 31.4 Å². The molecule has 0 bridgehead atoms. The molecule has 3 rings (SSSR count). The summed E-state index contributed by atoms with van der Waals surface area (Å²) in [6.45, 7) is 4.75. The first-order valence-electron chi connectivity index (χ1n) is 8.86. The summed E-state index contributed by atoms with van der Waals surface area (Å²) in [6.07, 6.45) is 2.64. The van der Waals surface area contributed by atoms with Crippen molar-refractivity contribution in [3.05, 3.63) is 35.9 Å². The van der Waals surface area contributed by atoms with E-state index >= 15 is 0 Å². The number of hydrogen-bond donors (Lipinski definition) is 0. The van der Waals surface area contributed by atoms with Gasteiger partial charge in [0.2, 0.25) is 11.8 Å². The van der Waals surface area contributed by atoms with Gasteiger partial charge in [-0.2, -0.15) is 11.8 Å². The molecule has 1 aromatic rings. The average molecular weight is 346 g/mol. The third-order valence-corrected chi connectivity index (χ3v) is 6.44. The normalized spacial score (nSPS) is 23.0. The SMILES string of the molecule is CC(=O)N1CCC(C(=O)N2CCSC(c3ccccc3)CC2)CC1. The van der Waals surface area contributed by atoms with Crippen LogP contribution in [0.15, 0.2) is 30.3 Å². The number of likely N-dealkylation sites (tertiary alicyclic amines) is 1. The third-order valence-electron chi connectivity index (χ3n) is 5.11. The van der Waals surface area contributed by atoms with Gasteiger partial charge in [-0.25, -0.2) is 0 Å². The molecule has 2 fully saturated rings. The lowest BCUT2D eigenvalue weighted by molar-refractivity contribution is -0.139.